The number of nitrogens with one attached hydrogen (secondary N) is 1. The SMILES string of the molecule is CSC(=N)c1ccc(-n2cncn2)c(N)c1. The molecule has 6 heteroatoms. The van der Waals surface area contributed by atoms with Gasteiger partial charge in [-0.05, 0) is 24.5 Å². The van der Waals surface area contributed by atoms with Crippen molar-refractivity contribution in [3.63, 3.8) is 0 Å². The van der Waals surface area contributed by atoms with Crippen LogP contribution in [0.5, 0.6) is 0 Å². The molecular formula is C10H11N5S. The van der Waals surface area contributed by atoms with Gasteiger partial charge in [0, 0.05) is 5.56 Å². The van der Waals surface area contributed by atoms with Crippen molar-refractivity contribution >= 4 is 22.5 Å². The number of hydrogen-bond donors (Lipinski definition) is 2. The minimum atomic E-state index is 0.497. The number of benzene rings is 1. The van der Waals surface area contributed by atoms with Crippen molar-refractivity contribution in [1.29, 1.82) is 5.41 Å². The first-order valence-electron chi connectivity index (χ1n) is 4.60. The molecule has 1 aromatic heterocycles. The monoisotopic (exact) mass is 233 g/mol. The molecule has 1 aromatic carbocycles. The Morgan fingerprint density at radius 3 is 2.88 bits per heavy atom. The van der Waals surface area contributed by atoms with Gasteiger partial charge in [-0.15, -0.1) is 11.8 Å². The van der Waals surface area contributed by atoms with Crippen LogP contribution in [0.4, 0.5) is 5.69 Å². The molecule has 16 heavy (non-hydrogen) atoms. The molecule has 0 aliphatic carbocycles. The second-order valence-electron chi connectivity index (χ2n) is 3.15. The highest BCUT2D eigenvalue weighted by Gasteiger charge is 2.06. The zero-order chi connectivity index (χ0) is 11.5. The third kappa shape index (κ3) is 1.92. The molecule has 82 valence electrons. The van der Waals surface area contributed by atoms with Crippen LogP contribution in [0.25, 0.3) is 5.69 Å². The standard InChI is InChI=1S/C10H11N5S/c1-16-10(12)7-2-3-9(8(11)4-7)15-6-13-5-14-15/h2-6,12H,11H2,1H3. The predicted octanol–water partition coefficient (Wildman–Crippen LogP) is 1.54. The van der Waals surface area contributed by atoms with Crippen molar-refractivity contribution in [1.82, 2.24) is 14.8 Å². The normalized spacial score (nSPS) is 10.3. The number of aromatic nitrogens is 3. The summed E-state index contributed by atoms with van der Waals surface area (Å²) < 4.78 is 1.60. The highest BCUT2D eigenvalue weighted by Crippen LogP contribution is 2.20. The molecule has 0 atom stereocenters. The van der Waals surface area contributed by atoms with E-state index in [9.17, 15) is 0 Å². The summed E-state index contributed by atoms with van der Waals surface area (Å²) in [6.45, 7) is 0. The molecule has 0 saturated carbocycles. The Morgan fingerprint density at radius 2 is 2.31 bits per heavy atom. The van der Waals surface area contributed by atoms with E-state index in [1.807, 2.05) is 18.4 Å². The Balaban J connectivity index is 2.41. The lowest BCUT2D eigenvalue weighted by atomic mass is 10.2. The number of thioether (sulfide) groups is 1. The van der Waals surface area contributed by atoms with Gasteiger partial charge in [-0.2, -0.15) is 5.10 Å². The van der Waals surface area contributed by atoms with Gasteiger partial charge in [0.05, 0.1) is 16.4 Å². The van der Waals surface area contributed by atoms with E-state index in [4.69, 9.17) is 11.1 Å². The summed E-state index contributed by atoms with van der Waals surface area (Å²) in [5, 5.41) is 12.2. The molecule has 0 amide bonds. The summed E-state index contributed by atoms with van der Waals surface area (Å²) in [6, 6.07) is 5.46. The van der Waals surface area contributed by atoms with Crippen molar-refractivity contribution in [2.75, 3.05) is 12.0 Å². The minimum absolute atomic E-state index is 0.497. The Bertz CT molecular complexity index is 506. The molecule has 0 bridgehead atoms. The van der Waals surface area contributed by atoms with Gasteiger partial charge in [0.25, 0.3) is 0 Å². The van der Waals surface area contributed by atoms with E-state index < -0.39 is 0 Å². The quantitative estimate of drug-likeness (QED) is 0.468. The molecule has 0 spiro atoms. The van der Waals surface area contributed by atoms with Gasteiger partial charge in [0.1, 0.15) is 12.7 Å². The van der Waals surface area contributed by atoms with Crippen molar-refractivity contribution in [3.05, 3.63) is 36.4 Å². The number of nitrogens with two attached hydrogens (primary N) is 1. The average Bonchev–Trinajstić information content (AvgIpc) is 2.81. The molecule has 2 rings (SSSR count). The third-order valence-electron chi connectivity index (χ3n) is 2.16. The summed E-state index contributed by atoms with van der Waals surface area (Å²) in [5.41, 5.74) is 8.08. The van der Waals surface area contributed by atoms with Crippen LogP contribution in [0, 0.1) is 5.41 Å². The fourth-order valence-electron chi connectivity index (χ4n) is 1.35. The van der Waals surface area contributed by atoms with E-state index in [0.717, 1.165) is 11.3 Å². The van der Waals surface area contributed by atoms with E-state index in [1.54, 1.807) is 17.1 Å². The van der Waals surface area contributed by atoms with E-state index >= 15 is 0 Å². The second kappa shape index (κ2) is 4.36. The number of nitrogen functional groups attached to an aromatic ring is 1. The maximum absolute atomic E-state index is 7.69. The maximum Gasteiger partial charge on any atom is 0.138 e. The van der Waals surface area contributed by atoms with Gasteiger partial charge in [-0.1, -0.05) is 0 Å². The molecule has 3 N–H and O–H groups in total. The van der Waals surface area contributed by atoms with Crippen molar-refractivity contribution in [3.8, 4) is 5.69 Å². The van der Waals surface area contributed by atoms with Crippen LogP contribution >= 0.6 is 11.8 Å². The molecule has 0 aliphatic heterocycles. The Kier molecular flexibility index (Phi) is 2.91. The number of rotatable bonds is 2. The molecule has 0 radical (unpaired) electrons. The van der Waals surface area contributed by atoms with Crippen LogP contribution in [-0.2, 0) is 0 Å². The molecule has 0 aliphatic rings. The first-order chi connectivity index (χ1) is 7.72. The first-order valence-corrected chi connectivity index (χ1v) is 5.82. The van der Waals surface area contributed by atoms with Crippen LogP contribution in [0.3, 0.4) is 0 Å². The first kappa shape index (κ1) is 10.7. The predicted molar refractivity (Wildman–Crippen MR) is 66.1 cm³/mol. The third-order valence-corrected chi connectivity index (χ3v) is 2.80. The zero-order valence-corrected chi connectivity index (χ0v) is 9.53. The van der Waals surface area contributed by atoms with Gasteiger partial charge < -0.3 is 5.73 Å². The summed E-state index contributed by atoms with van der Waals surface area (Å²) in [6.07, 6.45) is 4.91. The van der Waals surface area contributed by atoms with Crippen LogP contribution in [0.1, 0.15) is 5.56 Å². The van der Waals surface area contributed by atoms with Crippen molar-refractivity contribution < 1.29 is 0 Å². The van der Waals surface area contributed by atoms with Gasteiger partial charge in [-0.25, -0.2) is 9.67 Å². The number of hydrogen-bond acceptors (Lipinski definition) is 5. The molecule has 1 heterocycles. The molecule has 5 nitrogen and oxygen atoms in total. The van der Waals surface area contributed by atoms with E-state index in [2.05, 4.69) is 10.1 Å². The van der Waals surface area contributed by atoms with Gasteiger partial charge in [0.2, 0.25) is 0 Å². The Hall–Kier alpha value is -1.82. The molecular weight excluding hydrogens is 222 g/mol. The molecule has 0 unspecified atom stereocenters. The number of nitrogens with zero attached hydrogens (tertiary/aromatic N) is 3. The van der Waals surface area contributed by atoms with Crippen LogP contribution in [0.15, 0.2) is 30.9 Å². The van der Waals surface area contributed by atoms with Crippen LogP contribution in [-0.4, -0.2) is 26.1 Å². The molecule has 0 fully saturated rings. The van der Waals surface area contributed by atoms with Crippen molar-refractivity contribution in [2.45, 2.75) is 0 Å². The number of anilines is 1. The highest BCUT2D eigenvalue weighted by molar-refractivity contribution is 8.13. The highest BCUT2D eigenvalue weighted by atomic mass is 32.2. The summed E-state index contributed by atoms with van der Waals surface area (Å²) >= 11 is 1.38. The van der Waals surface area contributed by atoms with Crippen LogP contribution < -0.4 is 5.73 Å². The fraction of sp³-hybridized carbons (Fsp3) is 0.100. The Labute approximate surface area is 97.2 Å². The summed E-state index contributed by atoms with van der Waals surface area (Å²) in [7, 11) is 0. The zero-order valence-electron chi connectivity index (χ0n) is 8.71. The lowest BCUT2D eigenvalue weighted by Gasteiger charge is -2.07. The molecule has 2 aromatic rings. The summed E-state index contributed by atoms with van der Waals surface area (Å²) in [5.74, 6) is 0. The average molecular weight is 233 g/mol. The van der Waals surface area contributed by atoms with E-state index in [0.29, 0.717) is 10.7 Å². The van der Waals surface area contributed by atoms with Crippen LogP contribution in [0.2, 0.25) is 0 Å². The smallest absolute Gasteiger partial charge is 0.138 e. The van der Waals surface area contributed by atoms with Gasteiger partial charge in [-0.3, -0.25) is 5.41 Å². The molecule has 0 saturated heterocycles. The fourth-order valence-corrected chi connectivity index (χ4v) is 1.72. The van der Waals surface area contributed by atoms with Gasteiger partial charge in [0.15, 0.2) is 0 Å². The second-order valence-corrected chi connectivity index (χ2v) is 3.96. The lowest BCUT2D eigenvalue weighted by molar-refractivity contribution is 0.881. The van der Waals surface area contributed by atoms with Crippen molar-refractivity contribution in [2.24, 2.45) is 0 Å². The van der Waals surface area contributed by atoms with E-state index in [-0.39, 0.29) is 0 Å². The lowest BCUT2D eigenvalue weighted by Crippen LogP contribution is -2.02. The largest absolute Gasteiger partial charge is 0.397 e. The summed E-state index contributed by atoms with van der Waals surface area (Å²) in [4.78, 5) is 3.86. The van der Waals surface area contributed by atoms with E-state index in [1.165, 1.54) is 18.1 Å². The minimum Gasteiger partial charge on any atom is -0.397 e. The topological polar surface area (TPSA) is 80.6 Å². The van der Waals surface area contributed by atoms with Gasteiger partial charge >= 0.3 is 0 Å². The Morgan fingerprint density at radius 1 is 1.50 bits per heavy atom. The maximum atomic E-state index is 7.69.